The van der Waals surface area contributed by atoms with Gasteiger partial charge in [0.2, 0.25) is 0 Å². The molecule has 0 aliphatic carbocycles. The Morgan fingerprint density at radius 3 is 2.80 bits per heavy atom. The Bertz CT molecular complexity index is 318. The molecule has 0 aromatic carbocycles. The first-order valence-electron chi connectivity index (χ1n) is 3.16. The first-order chi connectivity index (χ1) is 6.60. The van der Waals surface area contributed by atoms with E-state index in [4.69, 9.17) is 0 Å². The lowest BCUT2D eigenvalue weighted by Crippen LogP contribution is -2.82. The molecule has 1 aliphatic rings. The Labute approximate surface area is 87.8 Å². The summed E-state index contributed by atoms with van der Waals surface area (Å²) in [6.45, 7) is 0. The number of carbonyl (C=O) groups is 1. The van der Waals surface area contributed by atoms with E-state index in [1.807, 2.05) is 0 Å². The number of rotatable bonds is 3. The molecular formula is C3H6N6O5S. The van der Waals surface area contributed by atoms with Crippen LogP contribution in [-0.2, 0) is 22.1 Å². The van der Waals surface area contributed by atoms with E-state index in [0.29, 0.717) is 5.12 Å². The minimum absolute atomic E-state index is 0. The number of hydrogen-bond donors (Lipinski definition) is 2. The fourth-order valence-corrected chi connectivity index (χ4v) is 0.777. The second-order valence-corrected chi connectivity index (χ2v) is 2.17. The number of hydrazone groups is 1. The van der Waals surface area contributed by atoms with Crippen molar-refractivity contribution in [3.05, 3.63) is 10.1 Å². The number of nitrogens with zero attached hydrogens (tertiary/aromatic N) is 4. The largest absolute Gasteiger partial charge is 0.870 e. The van der Waals surface area contributed by atoms with E-state index < -0.39 is 16.8 Å². The van der Waals surface area contributed by atoms with Crippen LogP contribution in [0.15, 0.2) is 4.36 Å². The summed E-state index contributed by atoms with van der Waals surface area (Å²) < 4.78 is 2.85. The summed E-state index contributed by atoms with van der Waals surface area (Å²) in [7, 11) is 1.23. The third-order valence-electron chi connectivity index (χ3n) is 1.24. The molecule has 0 aromatic heterocycles. The molecule has 0 fully saturated rings. The molecule has 84 valence electrons. The van der Waals surface area contributed by atoms with Gasteiger partial charge in [-0.2, -0.15) is 0 Å². The van der Waals surface area contributed by atoms with Gasteiger partial charge in [-0.3, -0.25) is 4.79 Å². The van der Waals surface area contributed by atoms with Gasteiger partial charge < -0.3 is 5.48 Å². The van der Waals surface area contributed by atoms with E-state index in [-0.39, 0.29) is 5.48 Å². The highest BCUT2D eigenvalue weighted by Gasteiger charge is 2.46. The van der Waals surface area contributed by atoms with Crippen LogP contribution >= 0.6 is 0 Å². The number of amidine groups is 1. The average Bonchev–Trinajstić information content (AvgIpc) is 2.60. The number of carbonyl (C=O) groups excluding carboxylic acids is 1. The van der Waals surface area contributed by atoms with E-state index in [9.17, 15) is 14.9 Å². The standard InChI is InChI=1S/C3H4N6O4S.H2O/c1-13-8-4-2(3(10)5-14)7(6-8)9(11)12;/h6H,1H3;1H2. The number of nitrogens with one attached hydrogen (secondary N) is 2. The summed E-state index contributed by atoms with van der Waals surface area (Å²) in [5.74, 6) is -1.41. The van der Waals surface area contributed by atoms with Crippen molar-refractivity contribution < 1.29 is 25.2 Å². The minimum Gasteiger partial charge on any atom is -0.870 e. The molecule has 0 aromatic rings. The second-order valence-electron chi connectivity index (χ2n) is 1.98. The van der Waals surface area contributed by atoms with Gasteiger partial charge in [-0.25, -0.2) is 15.0 Å². The topological polar surface area (TPSA) is 144 Å². The van der Waals surface area contributed by atoms with Crippen molar-refractivity contribution in [1.82, 2.24) is 15.9 Å². The molecule has 12 heteroatoms. The van der Waals surface area contributed by atoms with Gasteiger partial charge >= 0.3 is 11.7 Å². The van der Waals surface area contributed by atoms with Crippen LogP contribution in [0.1, 0.15) is 0 Å². The van der Waals surface area contributed by atoms with Gasteiger partial charge in [-0.1, -0.05) is 0 Å². The van der Waals surface area contributed by atoms with Crippen molar-refractivity contribution in [3.63, 3.8) is 0 Å². The van der Waals surface area contributed by atoms with Crippen molar-refractivity contribution in [2.45, 2.75) is 0 Å². The third-order valence-corrected chi connectivity index (χ3v) is 1.40. The van der Waals surface area contributed by atoms with Crippen LogP contribution in [0.4, 0.5) is 0 Å². The molecule has 1 heterocycles. The van der Waals surface area contributed by atoms with Gasteiger partial charge in [0, 0.05) is 17.7 Å². The quantitative estimate of drug-likeness (QED) is 0.374. The third kappa shape index (κ3) is 2.59. The van der Waals surface area contributed by atoms with Crippen molar-refractivity contribution in [3.8, 4) is 0 Å². The van der Waals surface area contributed by atoms with Crippen LogP contribution in [0.3, 0.4) is 0 Å². The lowest BCUT2D eigenvalue weighted by Gasteiger charge is -2.02. The smallest absolute Gasteiger partial charge is 0.457 e. The van der Waals surface area contributed by atoms with Crippen LogP contribution in [0.5, 0.6) is 0 Å². The van der Waals surface area contributed by atoms with E-state index in [1.165, 1.54) is 7.11 Å². The molecule has 0 unspecified atom stereocenters. The van der Waals surface area contributed by atoms with Crippen molar-refractivity contribution in [1.29, 1.82) is 0 Å². The lowest BCUT2D eigenvalue weighted by atomic mass is 10.6. The molecule has 0 spiro atoms. The summed E-state index contributed by atoms with van der Waals surface area (Å²) in [4.78, 5) is 25.9. The highest BCUT2D eigenvalue weighted by molar-refractivity contribution is 7.48. The molecule has 1 aliphatic heterocycles. The molecule has 0 radical (unpaired) electrons. The van der Waals surface area contributed by atoms with Gasteiger partial charge in [0.15, 0.2) is 5.12 Å². The highest BCUT2D eigenvalue weighted by atomic mass is 32.1. The van der Waals surface area contributed by atoms with Crippen LogP contribution in [0, 0.1) is 10.1 Å². The number of hydrogen-bond acceptors (Lipinski definition) is 8. The average molecular weight is 238 g/mol. The molecule has 15 heavy (non-hydrogen) atoms. The predicted molar refractivity (Wildman–Crippen MR) is 43.5 cm³/mol. The van der Waals surface area contributed by atoms with Gasteiger partial charge in [0.05, 0.1) is 12.6 Å². The monoisotopic (exact) mass is 238 g/mol. The maximum absolute atomic E-state index is 11.0. The maximum Gasteiger partial charge on any atom is 0.457 e. The molecule has 0 saturated carbocycles. The van der Waals surface area contributed by atoms with Gasteiger partial charge in [-0.15, -0.1) is 9.46 Å². The number of nitro groups is 1. The summed E-state index contributed by atoms with van der Waals surface area (Å²) in [5.41, 5.74) is 2.08. The SMILES string of the molecule is CON1NN([N+](=O)[O-])C(C(=O)N=S)=[NH+]1.[OH-]. The van der Waals surface area contributed by atoms with E-state index in [2.05, 4.69) is 32.3 Å². The fraction of sp³-hybridized carbons (Fsp3) is 0.333. The Hall–Kier alpha value is -1.76. The van der Waals surface area contributed by atoms with Crippen molar-refractivity contribution in [2.24, 2.45) is 4.36 Å². The number of hydrazine groups is 4. The maximum atomic E-state index is 11.0. The molecular weight excluding hydrogens is 232 g/mol. The zero-order valence-electron chi connectivity index (χ0n) is 7.28. The van der Waals surface area contributed by atoms with Crippen LogP contribution < -0.4 is 10.6 Å². The Morgan fingerprint density at radius 1 is 1.80 bits per heavy atom. The normalized spacial score (nSPS) is 14.3. The lowest BCUT2D eigenvalue weighted by molar-refractivity contribution is -0.739. The predicted octanol–water partition coefficient (Wildman–Crippen LogP) is -3.75. The van der Waals surface area contributed by atoms with Crippen LogP contribution in [0.2, 0.25) is 0 Å². The van der Waals surface area contributed by atoms with E-state index in [1.54, 1.807) is 0 Å². The minimum atomic E-state index is -0.955. The second kappa shape index (κ2) is 5.20. The molecule has 0 bridgehead atoms. The van der Waals surface area contributed by atoms with Crippen molar-refractivity contribution in [2.75, 3.05) is 7.11 Å². The van der Waals surface area contributed by atoms with Gasteiger partial charge in [0.25, 0.3) is 5.03 Å². The summed E-state index contributed by atoms with van der Waals surface area (Å²) in [6.07, 6.45) is 0. The molecule has 0 atom stereocenters. The van der Waals surface area contributed by atoms with Gasteiger partial charge in [-0.05, 0) is 0 Å². The summed E-state index contributed by atoms with van der Waals surface area (Å²) in [5, 5.41) is 12.8. The zero-order chi connectivity index (χ0) is 10.7. The summed E-state index contributed by atoms with van der Waals surface area (Å²) >= 11 is 4.10. The number of amides is 1. The first kappa shape index (κ1) is 13.2. The van der Waals surface area contributed by atoms with Crippen LogP contribution in [-0.4, -0.2) is 39.8 Å². The van der Waals surface area contributed by atoms with Gasteiger partial charge in [0.1, 0.15) is 0 Å². The molecule has 0 saturated heterocycles. The van der Waals surface area contributed by atoms with Crippen LogP contribution in [0.25, 0.3) is 0 Å². The first-order valence-corrected chi connectivity index (χ1v) is 3.53. The highest BCUT2D eigenvalue weighted by Crippen LogP contribution is 1.90. The Kier molecular flexibility index (Phi) is 4.59. The molecule has 1 rings (SSSR count). The van der Waals surface area contributed by atoms with E-state index in [0.717, 1.165) is 5.28 Å². The Morgan fingerprint density at radius 2 is 2.40 bits per heavy atom. The van der Waals surface area contributed by atoms with Crippen molar-refractivity contribution >= 4 is 24.2 Å². The molecule has 11 nitrogen and oxygen atoms in total. The molecule has 1 amide bonds. The Balaban J connectivity index is 0.00000196. The zero-order valence-corrected chi connectivity index (χ0v) is 8.09. The van der Waals surface area contributed by atoms with E-state index >= 15 is 0 Å². The fourth-order valence-electron chi connectivity index (χ4n) is 0.691. The molecule has 3 N–H and O–H groups in total. The summed E-state index contributed by atoms with van der Waals surface area (Å²) in [6, 6.07) is 0.